The second-order valence-corrected chi connectivity index (χ2v) is 4.62. The van der Waals surface area contributed by atoms with Gasteiger partial charge in [-0.05, 0) is 31.4 Å². The molecular weight excluding hydrogens is 226 g/mol. The number of hydrogen-bond donors (Lipinski definition) is 2. The molecule has 3 heteroatoms. The lowest BCUT2D eigenvalue weighted by atomic mass is 9.98. The van der Waals surface area contributed by atoms with Crippen molar-refractivity contribution in [2.75, 3.05) is 26.3 Å². The van der Waals surface area contributed by atoms with Crippen LogP contribution >= 0.6 is 0 Å². The first-order valence-electron chi connectivity index (χ1n) is 6.75. The molecule has 3 nitrogen and oxygen atoms in total. The average Bonchev–Trinajstić information content (AvgIpc) is 2.42. The molecule has 2 atom stereocenters. The summed E-state index contributed by atoms with van der Waals surface area (Å²) in [7, 11) is 0. The first kappa shape index (κ1) is 15.2. The summed E-state index contributed by atoms with van der Waals surface area (Å²) in [6.45, 7) is 6.75. The van der Waals surface area contributed by atoms with E-state index in [1.807, 2.05) is 13.0 Å². The molecule has 0 amide bonds. The fourth-order valence-electron chi connectivity index (χ4n) is 1.85. The molecule has 0 bridgehead atoms. The van der Waals surface area contributed by atoms with Crippen LogP contribution in [0.4, 0.5) is 0 Å². The topological polar surface area (TPSA) is 41.5 Å². The zero-order chi connectivity index (χ0) is 13.2. The van der Waals surface area contributed by atoms with Crippen molar-refractivity contribution in [1.29, 1.82) is 0 Å². The second-order valence-electron chi connectivity index (χ2n) is 4.62. The fraction of sp³-hybridized carbons (Fsp3) is 0.600. The van der Waals surface area contributed by atoms with Crippen molar-refractivity contribution in [3.8, 4) is 0 Å². The van der Waals surface area contributed by atoms with Gasteiger partial charge in [0.05, 0.1) is 12.7 Å². The van der Waals surface area contributed by atoms with Crippen LogP contribution in [-0.4, -0.2) is 37.5 Å². The van der Waals surface area contributed by atoms with Crippen molar-refractivity contribution < 1.29 is 9.84 Å². The Labute approximate surface area is 110 Å². The van der Waals surface area contributed by atoms with Crippen LogP contribution in [0.5, 0.6) is 0 Å². The lowest BCUT2D eigenvalue weighted by molar-refractivity contribution is 0.0429. The van der Waals surface area contributed by atoms with Crippen LogP contribution in [0, 0.1) is 0 Å². The summed E-state index contributed by atoms with van der Waals surface area (Å²) in [6.07, 6.45) is 0.669. The number of hydrogen-bond acceptors (Lipinski definition) is 3. The standard InChI is InChI=1S/C15H25NO2/c1-3-18-12-15(17)11-16-10-9-13(2)14-7-5-4-6-8-14/h4-8,13,15-17H,3,9-12H2,1-2H3. The van der Waals surface area contributed by atoms with Crippen LogP contribution in [0.25, 0.3) is 0 Å². The molecule has 1 aromatic carbocycles. The van der Waals surface area contributed by atoms with Gasteiger partial charge in [-0.3, -0.25) is 0 Å². The first-order valence-corrected chi connectivity index (χ1v) is 6.75. The molecular formula is C15H25NO2. The maximum Gasteiger partial charge on any atom is 0.0897 e. The lowest BCUT2D eigenvalue weighted by Gasteiger charge is -2.14. The minimum Gasteiger partial charge on any atom is -0.389 e. The largest absolute Gasteiger partial charge is 0.389 e. The van der Waals surface area contributed by atoms with E-state index in [-0.39, 0.29) is 0 Å². The number of rotatable bonds is 9. The average molecular weight is 251 g/mol. The van der Waals surface area contributed by atoms with Gasteiger partial charge in [0.15, 0.2) is 0 Å². The molecule has 2 unspecified atom stereocenters. The highest BCUT2D eigenvalue weighted by Gasteiger charge is 2.06. The molecule has 0 aliphatic heterocycles. The van der Waals surface area contributed by atoms with Crippen molar-refractivity contribution in [3.05, 3.63) is 35.9 Å². The molecule has 0 aromatic heterocycles. The Kier molecular flexibility index (Phi) is 7.65. The Morgan fingerprint density at radius 1 is 1.28 bits per heavy atom. The van der Waals surface area contributed by atoms with Crippen LogP contribution < -0.4 is 5.32 Å². The smallest absolute Gasteiger partial charge is 0.0897 e. The third-order valence-corrected chi connectivity index (χ3v) is 3.02. The number of aliphatic hydroxyl groups excluding tert-OH is 1. The second kappa shape index (κ2) is 9.09. The molecule has 0 fully saturated rings. The Balaban J connectivity index is 2.11. The van der Waals surface area contributed by atoms with Gasteiger partial charge in [0.2, 0.25) is 0 Å². The number of ether oxygens (including phenoxy) is 1. The van der Waals surface area contributed by atoms with Gasteiger partial charge in [-0.2, -0.15) is 0 Å². The van der Waals surface area contributed by atoms with Crippen LogP contribution in [0.2, 0.25) is 0 Å². The van der Waals surface area contributed by atoms with Gasteiger partial charge in [-0.25, -0.2) is 0 Å². The summed E-state index contributed by atoms with van der Waals surface area (Å²) in [6, 6.07) is 10.5. The zero-order valence-electron chi connectivity index (χ0n) is 11.4. The minimum atomic E-state index is -0.406. The normalized spacial score (nSPS) is 14.4. The van der Waals surface area contributed by atoms with E-state index in [1.54, 1.807) is 0 Å². The van der Waals surface area contributed by atoms with Crippen molar-refractivity contribution in [3.63, 3.8) is 0 Å². The summed E-state index contributed by atoms with van der Waals surface area (Å²) in [5, 5.41) is 12.8. The third kappa shape index (κ3) is 6.15. The van der Waals surface area contributed by atoms with Crippen LogP contribution in [0.3, 0.4) is 0 Å². The van der Waals surface area contributed by atoms with Gasteiger partial charge < -0.3 is 15.2 Å². The van der Waals surface area contributed by atoms with E-state index in [0.717, 1.165) is 13.0 Å². The lowest BCUT2D eigenvalue weighted by Crippen LogP contribution is -2.31. The zero-order valence-corrected chi connectivity index (χ0v) is 11.4. The molecule has 0 aliphatic rings. The van der Waals surface area contributed by atoms with E-state index < -0.39 is 6.10 Å². The molecule has 18 heavy (non-hydrogen) atoms. The Morgan fingerprint density at radius 3 is 2.67 bits per heavy atom. The molecule has 1 aromatic rings. The third-order valence-electron chi connectivity index (χ3n) is 3.02. The van der Waals surface area contributed by atoms with Crippen molar-refractivity contribution in [1.82, 2.24) is 5.32 Å². The van der Waals surface area contributed by atoms with Gasteiger partial charge in [0.1, 0.15) is 0 Å². The quantitative estimate of drug-likeness (QED) is 0.661. The van der Waals surface area contributed by atoms with Gasteiger partial charge in [-0.15, -0.1) is 0 Å². The molecule has 102 valence electrons. The van der Waals surface area contributed by atoms with E-state index in [1.165, 1.54) is 5.56 Å². The molecule has 0 spiro atoms. The minimum absolute atomic E-state index is 0.406. The molecule has 2 N–H and O–H groups in total. The Hall–Kier alpha value is -0.900. The summed E-state index contributed by atoms with van der Waals surface area (Å²) in [4.78, 5) is 0. The van der Waals surface area contributed by atoms with Crippen molar-refractivity contribution in [2.24, 2.45) is 0 Å². The predicted molar refractivity (Wildman–Crippen MR) is 74.8 cm³/mol. The van der Waals surface area contributed by atoms with Gasteiger partial charge in [0, 0.05) is 13.2 Å². The number of benzene rings is 1. The van der Waals surface area contributed by atoms with Crippen LogP contribution in [0.15, 0.2) is 30.3 Å². The Morgan fingerprint density at radius 2 is 2.00 bits per heavy atom. The van der Waals surface area contributed by atoms with Gasteiger partial charge in [0.25, 0.3) is 0 Å². The number of nitrogens with one attached hydrogen (secondary N) is 1. The SMILES string of the molecule is CCOCC(O)CNCCC(C)c1ccccc1. The molecule has 0 radical (unpaired) electrons. The van der Waals surface area contributed by atoms with E-state index in [2.05, 4.69) is 36.5 Å². The highest BCUT2D eigenvalue weighted by molar-refractivity contribution is 5.18. The van der Waals surface area contributed by atoms with Crippen molar-refractivity contribution in [2.45, 2.75) is 32.3 Å². The predicted octanol–water partition coefficient (Wildman–Crippen LogP) is 2.17. The highest BCUT2D eigenvalue weighted by Crippen LogP contribution is 2.17. The summed E-state index contributed by atoms with van der Waals surface area (Å²) >= 11 is 0. The van der Waals surface area contributed by atoms with Gasteiger partial charge in [-0.1, -0.05) is 37.3 Å². The summed E-state index contributed by atoms with van der Waals surface area (Å²) in [5.41, 5.74) is 1.37. The van der Waals surface area contributed by atoms with Crippen LogP contribution in [-0.2, 0) is 4.74 Å². The van der Waals surface area contributed by atoms with Crippen molar-refractivity contribution >= 4 is 0 Å². The monoisotopic (exact) mass is 251 g/mol. The molecule has 0 aliphatic carbocycles. The molecule has 1 rings (SSSR count). The Bertz CT molecular complexity index is 303. The first-order chi connectivity index (χ1) is 8.74. The maximum absolute atomic E-state index is 9.58. The highest BCUT2D eigenvalue weighted by atomic mass is 16.5. The van der Waals surface area contributed by atoms with E-state index >= 15 is 0 Å². The molecule has 0 saturated carbocycles. The van der Waals surface area contributed by atoms with Crippen LogP contribution in [0.1, 0.15) is 31.7 Å². The van der Waals surface area contributed by atoms with E-state index in [4.69, 9.17) is 4.74 Å². The summed E-state index contributed by atoms with van der Waals surface area (Å²) in [5.74, 6) is 0.544. The molecule has 0 saturated heterocycles. The maximum atomic E-state index is 9.58. The fourth-order valence-corrected chi connectivity index (χ4v) is 1.85. The number of aliphatic hydroxyl groups is 1. The van der Waals surface area contributed by atoms with E-state index in [9.17, 15) is 5.11 Å². The summed E-state index contributed by atoms with van der Waals surface area (Å²) < 4.78 is 5.15. The van der Waals surface area contributed by atoms with Gasteiger partial charge >= 0.3 is 0 Å². The van der Waals surface area contributed by atoms with E-state index in [0.29, 0.717) is 25.7 Å². The molecule has 0 heterocycles.